The topological polar surface area (TPSA) is 576 Å². The number of allylic oxidation sites excluding steroid dienone is 2. The lowest BCUT2D eigenvalue weighted by Crippen LogP contribution is -2.49. The van der Waals surface area contributed by atoms with E-state index in [0.29, 0.717) is 42.3 Å². The van der Waals surface area contributed by atoms with Crippen LogP contribution >= 0.6 is 0 Å². The Morgan fingerprint density at radius 3 is 1.32 bits per heavy atom. The van der Waals surface area contributed by atoms with Gasteiger partial charge in [-0.1, -0.05) is 44.8 Å². The van der Waals surface area contributed by atoms with Crippen LogP contribution in [0.25, 0.3) is 22.3 Å². The van der Waals surface area contributed by atoms with Gasteiger partial charge >= 0.3 is 18.0 Å². The SMILES string of the molecule is CCCCCNC(=O)NCCCC/C=C\CCCCCCC(=O)N[C@@H](CC(=O)NCCOCCOCCNC(=O)CC[C@H](NC(=O)c1ccc(NCc2cnc3nc(N)[nH]c(=O)c3n2)cc1)C(=O)O)C(=O)NCCOCCOCCNC(=O)CC[C@H](NC(=O)c1ccc(NCc2cnc3nc(N)[nH]c(=O)c3n2)cc1)C(=O)O. The fourth-order valence-electron chi connectivity index (χ4n) is 10.6. The van der Waals surface area contributed by atoms with Crippen LogP contribution in [0.1, 0.15) is 148 Å². The number of carbonyl (C=O) groups excluding carboxylic acids is 8. The molecule has 9 amide bonds. The molecule has 39 nitrogen and oxygen atoms in total. The monoisotopic (exact) mass is 1560 g/mol. The molecular weight excluding hydrogens is 1460 g/mol. The van der Waals surface area contributed by atoms with Crippen molar-refractivity contribution < 1.29 is 77.1 Å². The highest BCUT2D eigenvalue weighted by Crippen LogP contribution is 2.16. The molecule has 19 N–H and O–H groups in total. The third kappa shape index (κ3) is 35.2. The van der Waals surface area contributed by atoms with Gasteiger partial charge in [0.25, 0.3) is 22.9 Å². The van der Waals surface area contributed by atoms with Gasteiger partial charge in [0.2, 0.25) is 41.4 Å². The molecule has 39 heteroatoms. The Morgan fingerprint density at radius 2 is 0.875 bits per heavy atom. The summed E-state index contributed by atoms with van der Waals surface area (Å²) >= 11 is 0. The number of nitrogens with zero attached hydrogens (tertiary/aromatic N) is 6. The smallest absolute Gasteiger partial charge is 0.326 e. The molecule has 0 bridgehead atoms. The van der Waals surface area contributed by atoms with E-state index in [0.717, 1.165) is 64.2 Å². The van der Waals surface area contributed by atoms with Crippen molar-refractivity contribution in [3.05, 3.63) is 116 Å². The highest BCUT2D eigenvalue weighted by molar-refractivity contribution is 5.98. The Kier molecular flexibility index (Phi) is 40.4. The van der Waals surface area contributed by atoms with E-state index in [1.54, 1.807) is 24.3 Å². The van der Waals surface area contributed by atoms with E-state index < -0.39 is 82.5 Å². The Labute approximate surface area is 645 Å². The number of carbonyl (C=O) groups is 10. The third-order valence-electron chi connectivity index (χ3n) is 16.6. The maximum absolute atomic E-state index is 13.4. The third-order valence-corrected chi connectivity index (χ3v) is 16.6. The van der Waals surface area contributed by atoms with E-state index in [2.05, 4.69) is 117 Å². The zero-order chi connectivity index (χ0) is 80.7. The second kappa shape index (κ2) is 50.8. The zero-order valence-corrected chi connectivity index (χ0v) is 62.8. The minimum absolute atomic E-state index is 0.0214. The number of carboxylic acid groups (broad SMARTS) is 2. The molecule has 6 rings (SSSR count). The van der Waals surface area contributed by atoms with Gasteiger partial charge in [-0.05, 0) is 106 Å². The number of H-pyrrole nitrogens is 2. The van der Waals surface area contributed by atoms with Gasteiger partial charge < -0.3 is 99.1 Å². The lowest BCUT2D eigenvalue weighted by atomic mass is 10.1. The summed E-state index contributed by atoms with van der Waals surface area (Å²) in [5.74, 6) is -6.61. The van der Waals surface area contributed by atoms with Gasteiger partial charge in [-0.25, -0.2) is 34.3 Å². The van der Waals surface area contributed by atoms with Gasteiger partial charge in [0.15, 0.2) is 22.3 Å². The Hall–Kier alpha value is -11.8. The Balaban J connectivity index is 0.812. The second-order valence-electron chi connectivity index (χ2n) is 25.6. The van der Waals surface area contributed by atoms with E-state index in [1.165, 1.54) is 36.7 Å². The average molecular weight is 1560 g/mol. The number of aromatic amines is 2. The van der Waals surface area contributed by atoms with Crippen LogP contribution in [0.4, 0.5) is 28.1 Å². The molecule has 0 aliphatic heterocycles. The molecule has 0 saturated heterocycles. The second-order valence-corrected chi connectivity index (χ2v) is 25.6. The molecule has 112 heavy (non-hydrogen) atoms. The number of hydrogen-bond donors (Lipinski definition) is 17. The lowest BCUT2D eigenvalue weighted by molar-refractivity contribution is -0.140. The van der Waals surface area contributed by atoms with E-state index in [9.17, 15) is 67.7 Å². The number of carboxylic acids is 2. The molecule has 2 aromatic carbocycles. The number of amides is 9. The zero-order valence-electron chi connectivity index (χ0n) is 62.8. The number of aromatic nitrogens is 8. The van der Waals surface area contributed by atoms with Gasteiger partial charge in [0.05, 0.1) is 96.1 Å². The maximum Gasteiger partial charge on any atom is 0.326 e. The van der Waals surface area contributed by atoms with Crippen molar-refractivity contribution >= 4 is 105 Å². The van der Waals surface area contributed by atoms with Crippen molar-refractivity contribution in [1.82, 2.24) is 87.7 Å². The number of anilines is 4. The first-order valence-corrected chi connectivity index (χ1v) is 37.3. The summed E-state index contributed by atoms with van der Waals surface area (Å²) in [6, 6.07) is 8.28. The number of rotatable bonds is 56. The number of nitrogens with two attached hydrogens (primary N) is 2. The molecular formula is C73H103N21O18. The quantitative estimate of drug-likeness (QED) is 0.0191. The van der Waals surface area contributed by atoms with Gasteiger partial charge in [0.1, 0.15) is 18.1 Å². The van der Waals surface area contributed by atoms with Crippen LogP contribution in [0, 0.1) is 0 Å². The van der Waals surface area contributed by atoms with Crippen molar-refractivity contribution in [1.29, 1.82) is 0 Å². The van der Waals surface area contributed by atoms with E-state index >= 15 is 0 Å². The summed E-state index contributed by atoms with van der Waals surface area (Å²) in [5, 5.41) is 49.8. The van der Waals surface area contributed by atoms with Gasteiger partial charge in [-0.2, -0.15) is 9.97 Å². The fraction of sp³-hybridized carbons (Fsp3) is 0.507. The fourth-order valence-corrected chi connectivity index (χ4v) is 10.6. The van der Waals surface area contributed by atoms with Crippen LogP contribution in [0.5, 0.6) is 0 Å². The molecule has 4 aromatic heterocycles. The minimum Gasteiger partial charge on any atom is -0.480 e. The highest BCUT2D eigenvalue weighted by Gasteiger charge is 2.26. The summed E-state index contributed by atoms with van der Waals surface area (Å²) in [6.45, 7) is 4.91. The van der Waals surface area contributed by atoms with Crippen LogP contribution in [-0.4, -0.2) is 220 Å². The molecule has 608 valence electrons. The molecule has 6 aromatic rings. The normalized spacial score (nSPS) is 11.9. The molecule has 0 radical (unpaired) electrons. The minimum atomic E-state index is -1.37. The first kappa shape index (κ1) is 89.1. The number of nitrogens with one attached hydrogen (secondary N) is 13. The van der Waals surface area contributed by atoms with Crippen LogP contribution < -0.4 is 81.1 Å². The molecule has 0 fully saturated rings. The summed E-state index contributed by atoms with van der Waals surface area (Å²) in [5.41, 5.74) is 12.7. The maximum atomic E-state index is 13.4. The number of hydrogen-bond acceptors (Lipinski definition) is 26. The van der Waals surface area contributed by atoms with Gasteiger partial charge in [-0.3, -0.25) is 53.1 Å². The molecule has 0 spiro atoms. The van der Waals surface area contributed by atoms with Gasteiger partial charge in [0, 0.05) is 81.0 Å². The number of ether oxygens (including phenoxy) is 4. The van der Waals surface area contributed by atoms with Crippen molar-refractivity contribution in [2.45, 2.75) is 147 Å². The number of fused-ring (bicyclic) bond motifs is 2. The van der Waals surface area contributed by atoms with Crippen LogP contribution in [0.15, 0.2) is 82.7 Å². The predicted octanol–water partition coefficient (Wildman–Crippen LogP) is 1.72. The van der Waals surface area contributed by atoms with Gasteiger partial charge in [-0.15, -0.1) is 0 Å². The number of benzene rings is 2. The van der Waals surface area contributed by atoms with Crippen molar-refractivity contribution in [2.24, 2.45) is 0 Å². The summed E-state index contributed by atoms with van der Waals surface area (Å²) < 4.78 is 22.2. The predicted molar refractivity (Wildman–Crippen MR) is 412 cm³/mol. The first-order valence-electron chi connectivity index (χ1n) is 37.3. The standard InChI is InChI=1S/C73H103N21O18/c1-2-3-13-28-80-73(108)81-29-14-11-9-7-5-4-6-8-10-12-15-58(97)88-55(66(101)79-33-37-112-41-40-110-35-31-77-57(96)27-25-54(70(106)107)90-65(100)48-18-22-50(23-19-48)83-44-52-46-85-63-61(87-52)68(103)94-72(75)92-63)42-59(98)78-32-36-111-39-38-109-34-30-76-56(95)26-24-53(69(104)105)89-64(99)47-16-20-49(21-17-47)82-43-51-45-84-62-60(86-51)67(102)93-71(74)91-62/h5,7,16-23,45-46,53-55,82-83H,2-4,6,8-15,24-44H2,1H3,(H,76,95)(H,77,96)(H,78,98)(H,79,101)(H,88,97)(H,89,99)(H,90,100)(H,104,105)(H,106,107)(H2,80,81,108)(H3,74,84,91,93,102)(H3,75,85,92,94,103)/b7-5-/t53-,54-,55-/m0/s1. The molecule has 0 aliphatic rings. The largest absolute Gasteiger partial charge is 0.480 e. The van der Waals surface area contributed by atoms with E-state index in [1.807, 2.05) is 0 Å². The number of nitrogen functional groups attached to an aromatic ring is 2. The Bertz CT molecular complexity index is 4170. The van der Waals surface area contributed by atoms with Crippen LogP contribution in [0.2, 0.25) is 0 Å². The van der Waals surface area contributed by atoms with Crippen molar-refractivity contribution in [3.63, 3.8) is 0 Å². The highest BCUT2D eigenvalue weighted by atomic mass is 16.5. The van der Waals surface area contributed by atoms with Crippen LogP contribution in [0.3, 0.4) is 0 Å². The molecule has 0 aliphatic carbocycles. The molecule has 4 heterocycles. The molecule has 0 saturated carbocycles. The first-order chi connectivity index (χ1) is 54.1. The summed E-state index contributed by atoms with van der Waals surface area (Å²) in [7, 11) is 0. The van der Waals surface area contributed by atoms with E-state index in [4.69, 9.17) is 30.4 Å². The molecule has 0 unspecified atom stereocenters. The van der Waals surface area contributed by atoms with Crippen LogP contribution in [-0.2, 0) is 65.6 Å². The summed E-state index contributed by atoms with van der Waals surface area (Å²) in [4.78, 5) is 181. The Morgan fingerprint density at radius 1 is 0.455 bits per heavy atom. The number of urea groups is 1. The summed E-state index contributed by atoms with van der Waals surface area (Å²) in [6.07, 6.45) is 16.1. The lowest BCUT2D eigenvalue weighted by Gasteiger charge is -2.18. The number of unbranched alkanes of at least 4 members (excludes halogenated alkanes) is 8. The average Bonchev–Trinajstić information content (AvgIpc) is 0.817. The van der Waals surface area contributed by atoms with E-state index in [-0.39, 0.29) is 182 Å². The number of aliphatic carboxylic acids is 2. The molecule has 3 atom stereocenters. The van der Waals surface area contributed by atoms with Crippen molar-refractivity contribution in [3.8, 4) is 0 Å². The van der Waals surface area contributed by atoms with Crippen molar-refractivity contribution in [2.75, 3.05) is 114 Å².